The zero-order chi connectivity index (χ0) is 14.7. The maximum Gasteiger partial charge on any atom is 0.165 e. The smallest absolute Gasteiger partial charge is 0.165 e. The van der Waals surface area contributed by atoms with E-state index in [2.05, 4.69) is 57.1 Å². The fraction of sp³-hybridized carbons (Fsp3) is 0.500. The van der Waals surface area contributed by atoms with Crippen molar-refractivity contribution in [2.45, 2.75) is 33.6 Å². The molecule has 0 radical (unpaired) electrons. The molecule has 2 rings (SSSR count). The van der Waals surface area contributed by atoms with Crippen molar-refractivity contribution in [2.24, 2.45) is 7.05 Å². The molecule has 6 heteroatoms. The maximum atomic E-state index is 4.67. The Labute approximate surface area is 128 Å². The summed E-state index contributed by atoms with van der Waals surface area (Å²) >= 11 is 3.58. The quantitative estimate of drug-likeness (QED) is 0.910. The number of aromatic nitrogens is 4. The molecule has 0 aliphatic rings. The number of aryl methyl sites for hydroxylation is 3. The summed E-state index contributed by atoms with van der Waals surface area (Å²) in [5.41, 5.74) is 3.05. The minimum absolute atomic E-state index is 0.742. The Morgan fingerprint density at radius 3 is 2.45 bits per heavy atom. The van der Waals surface area contributed by atoms with Crippen LogP contribution in [0.25, 0.3) is 11.4 Å². The lowest BCUT2D eigenvalue weighted by molar-refractivity contribution is 0.746. The third-order valence-corrected chi connectivity index (χ3v) is 3.91. The maximum absolute atomic E-state index is 4.67. The van der Waals surface area contributed by atoms with Crippen LogP contribution in [0.15, 0.2) is 10.7 Å². The van der Waals surface area contributed by atoms with Crippen molar-refractivity contribution >= 4 is 21.7 Å². The second-order valence-corrected chi connectivity index (χ2v) is 5.35. The summed E-state index contributed by atoms with van der Waals surface area (Å²) in [4.78, 5) is 9.31. The summed E-state index contributed by atoms with van der Waals surface area (Å²) in [6, 6.07) is 0. The first-order valence-corrected chi connectivity index (χ1v) is 7.73. The Bertz CT molecular complexity index is 606. The molecule has 0 amide bonds. The lowest BCUT2D eigenvalue weighted by Crippen LogP contribution is -2.06. The fourth-order valence-corrected chi connectivity index (χ4v) is 2.71. The van der Waals surface area contributed by atoms with Crippen LogP contribution in [-0.2, 0) is 19.9 Å². The SMILES string of the molecule is CCNc1nc(-c2cn(C)nc2CC)nc(CC)c1Br. The van der Waals surface area contributed by atoms with E-state index in [0.29, 0.717) is 0 Å². The molecular formula is C14H20BrN5. The molecule has 2 aromatic rings. The van der Waals surface area contributed by atoms with Gasteiger partial charge in [0.25, 0.3) is 0 Å². The van der Waals surface area contributed by atoms with Crippen LogP contribution in [0.2, 0.25) is 0 Å². The summed E-state index contributed by atoms with van der Waals surface area (Å²) in [6.07, 6.45) is 3.71. The Hall–Kier alpha value is -1.43. The van der Waals surface area contributed by atoms with Crippen LogP contribution >= 0.6 is 15.9 Å². The highest BCUT2D eigenvalue weighted by molar-refractivity contribution is 9.10. The minimum Gasteiger partial charge on any atom is -0.369 e. The van der Waals surface area contributed by atoms with Gasteiger partial charge in [-0.25, -0.2) is 9.97 Å². The highest BCUT2D eigenvalue weighted by atomic mass is 79.9. The third kappa shape index (κ3) is 2.85. The standard InChI is InChI=1S/C14H20BrN5/c1-5-10-9(8-20(4)19-10)13-17-11(6-2)12(15)14(18-13)16-7-3/h8H,5-7H2,1-4H3,(H,16,17,18). The average molecular weight is 338 g/mol. The molecule has 1 N–H and O–H groups in total. The van der Waals surface area contributed by atoms with E-state index in [0.717, 1.165) is 52.5 Å². The van der Waals surface area contributed by atoms with Crippen LogP contribution < -0.4 is 5.32 Å². The molecule has 0 aromatic carbocycles. The van der Waals surface area contributed by atoms with Crippen molar-refractivity contribution in [3.63, 3.8) is 0 Å². The molecule has 0 saturated carbocycles. The van der Waals surface area contributed by atoms with Crippen molar-refractivity contribution in [2.75, 3.05) is 11.9 Å². The number of rotatable bonds is 5. The van der Waals surface area contributed by atoms with Gasteiger partial charge in [-0.05, 0) is 35.7 Å². The highest BCUT2D eigenvalue weighted by Gasteiger charge is 2.16. The Morgan fingerprint density at radius 1 is 1.15 bits per heavy atom. The average Bonchev–Trinajstić information content (AvgIpc) is 2.82. The molecule has 0 aliphatic heterocycles. The molecular weight excluding hydrogens is 318 g/mol. The van der Waals surface area contributed by atoms with Crippen LogP contribution in [-0.4, -0.2) is 26.3 Å². The molecule has 0 unspecified atom stereocenters. The van der Waals surface area contributed by atoms with Gasteiger partial charge < -0.3 is 5.32 Å². The van der Waals surface area contributed by atoms with Crippen LogP contribution in [0.3, 0.4) is 0 Å². The monoisotopic (exact) mass is 337 g/mol. The first-order chi connectivity index (χ1) is 9.60. The van der Waals surface area contributed by atoms with Gasteiger partial charge in [-0.15, -0.1) is 0 Å². The van der Waals surface area contributed by atoms with Crippen molar-refractivity contribution in [1.82, 2.24) is 19.7 Å². The van der Waals surface area contributed by atoms with Gasteiger partial charge in [0, 0.05) is 19.8 Å². The van der Waals surface area contributed by atoms with Crippen molar-refractivity contribution in [1.29, 1.82) is 0 Å². The van der Waals surface area contributed by atoms with Gasteiger partial charge in [-0.2, -0.15) is 5.10 Å². The molecule has 2 heterocycles. The van der Waals surface area contributed by atoms with Gasteiger partial charge in [0.1, 0.15) is 5.82 Å². The number of halogens is 1. The van der Waals surface area contributed by atoms with E-state index in [-0.39, 0.29) is 0 Å². The summed E-state index contributed by atoms with van der Waals surface area (Å²) in [5.74, 6) is 1.59. The normalized spacial score (nSPS) is 10.8. The minimum atomic E-state index is 0.742. The second kappa shape index (κ2) is 6.35. The molecule has 108 valence electrons. The van der Waals surface area contributed by atoms with E-state index in [1.54, 1.807) is 0 Å². The van der Waals surface area contributed by atoms with Crippen LogP contribution in [0.5, 0.6) is 0 Å². The predicted molar refractivity (Wildman–Crippen MR) is 84.9 cm³/mol. The summed E-state index contributed by atoms with van der Waals surface area (Å²) < 4.78 is 2.77. The Kier molecular flexibility index (Phi) is 4.75. The second-order valence-electron chi connectivity index (χ2n) is 4.56. The van der Waals surface area contributed by atoms with Gasteiger partial charge in [0.2, 0.25) is 0 Å². The van der Waals surface area contributed by atoms with Gasteiger partial charge in [0.15, 0.2) is 5.82 Å². The molecule has 0 bridgehead atoms. The van der Waals surface area contributed by atoms with Gasteiger partial charge in [0.05, 0.1) is 21.4 Å². The van der Waals surface area contributed by atoms with Crippen molar-refractivity contribution in [3.8, 4) is 11.4 Å². The number of nitrogens with one attached hydrogen (secondary N) is 1. The highest BCUT2D eigenvalue weighted by Crippen LogP contribution is 2.28. The third-order valence-electron chi connectivity index (χ3n) is 3.08. The van der Waals surface area contributed by atoms with Gasteiger partial charge >= 0.3 is 0 Å². The van der Waals surface area contributed by atoms with Crippen LogP contribution in [0.1, 0.15) is 32.2 Å². The molecule has 2 aromatic heterocycles. The van der Waals surface area contributed by atoms with E-state index in [1.807, 2.05) is 17.9 Å². The van der Waals surface area contributed by atoms with Crippen molar-refractivity contribution in [3.05, 3.63) is 22.1 Å². The van der Waals surface area contributed by atoms with E-state index in [1.165, 1.54) is 0 Å². The topological polar surface area (TPSA) is 55.6 Å². The lowest BCUT2D eigenvalue weighted by atomic mass is 10.2. The number of hydrogen-bond donors (Lipinski definition) is 1. The summed E-state index contributed by atoms with van der Waals surface area (Å²) in [7, 11) is 1.92. The van der Waals surface area contributed by atoms with Crippen LogP contribution in [0, 0.1) is 0 Å². The lowest BCUT2D eigenvalue weighted by Gasteiger charge is -2.11. The number of nitrogens with zero attached hydrogens (tertiary/aromatic N) is 4. The predicted octanol–water partition coefficient (Wildman–Crippen LogP) is 3.20. The molecule has 0 fully saturated rings. The molecule has 0 spiro atoms. The zero-order valence-corrected chi connectivity index (χ0v) is 14.0. The molecule has 0 aliphatic carbocycles. The van der Waals surface area contributed by atoms with Crippen molar-refractivity contribution < 1.29 is 0 Å². The Balaban J connectivity index is 2.58. The molecule has 20 heavy (non-hydrogen) atoms. The van der Waals surface area contributed by atoms with Crippen LogP contribution in [0.4, 0.5) is 5.82 Å². The van der Waals surface area contributed by atoms with E-state index >= 15 is 0 Å². The fourth-order valence-electron chi connectivity index (χ4n) is 2.12. The summed E-state index contributed by atoms with van der Waals surface area (Å²) in [6.45, 7) is 7.07. The van der Waals surface area contributed by atoms with E-state index in [9.17, 15) is 0 Å². The largest absolute Gasteiger partial charge is 0.369 e. The zero-order valence-electron chi connectivity index (χ0n) is 12.4. The Morgan fingerprint density at radius 2 is 1.85 bits per heavy atom. The van der Waals surface area contributed by atoms with E-state index < -0.39 is 0 Å². The van der Waals surface area contributed by atoms with Gasteiger partial charge in [-0.1, -0.05) is 13.8 Å². The number of hydrogen-bond acceptors (Lipinski definition) is 4. The first-order valence-electron chi connectivity index (χ1n) is 6.93. The summed E-state index contributed by atoms with van der Waals surface area (Å²) in [5, 5.41) is 7.74. The molecule has 0 atom stereocenters. The van der Waals surface area contributed by atoms with E-state index in [4.69, 9.17) is 0 Å². The molecule has 0 saturated heterocycles. The number of anilines is 1. The molecule has 5 nitrogen and oxygen atoms in total. The first kappa shape index (κ1) is 15.0. The van der Waals surface area contributed by atoms with Gasteiger partial charge in [-0.3, -0.25) is 4.68 Å².